The van der Waals surface area contributed by atoms with Crippen LogP contribution in [0, 0.1) is 5.82 Å². The van der Waals surface area contributed by atoms with Crippen LogP contribution in [0.25, 0.3) is 0 Å². The van der Waals surface area contributed by atoms with Gasteiger partial charge in [-0.1, -0.05) is 42.5 Å². The van der Waals surface area contributed by atoms with E-state index in [4.69, 9.17) is 0 Å². The molecule has 0 saturated carbocycles. The zero-order valence-corrected chi connectivity index (χ0v) is 16.0. The molecule has 5 nitrogen and oxygen atoms in total. The fourth-order valence-electron chi connectivity index (χ4n) is 3.89. The number of benzene rings is 2. The predicted molar refractivity (Wildman–Crippen MR) is 109 cm³/mol. The van der Waals surface area contributed by atoms with Gasteiger partial charge in [0.2, 0.25) is 5.95 Å². The number of hydrogen-bond donors (Lipinski definition) is 1. The average Bonchev–Trinajstić information content (AvgIpc) is 3.23. The number of carboxylic acid groups (broad SMARTS) is 1. The summed E-state index contributed by atoms with van der Waals surface area (Å²) in [5.41, 5.74) is 2.67. The molecule has 148 valence electrons. The second-order valence-electron chi connectivity index (χ2n) is 7.23. The summed E-state index contributed by atoms with van der Waals surface area (Å²) < 4.78 is 13.7. The molecule has 0 spiro atoms. The Balaban J connectivity index is 1.62. The van der Waals surface area contributed by atoms with E-state index in [-0.39, 0.29) is 17.4 Å². The van der Waals surface area contributed by atoms with Crippen LogP contribution < -0.4 is 4.90 Å². The highest BCUT2D eigenvalue weighted by Gasteiger charge is 2.29. The molecule has 0 amide bonds. The van der Waals surface area contributed by atoms with Crippen molar-refractivity contribution in [3.63, 3.8) is 0 Å². The number of aryl methyl sites for hydroxylation is 2. The van der Waals surface area contributed by atoms with Gasteiger partial charge in [0.25, 0.3) is 0 Å². The van der Waals surface area contributed by atoms with E-state index in [2.05, 4.69) is 9.97 Å². The number of carboxylic acids is 1. The van der Waals surface area contributed by atoms with Crippen molar-refractivity contribution < 1.29 is 14.3 Å². The van der Waals surface area contributed by atoms with Crippen LogP contribution in [-0.2, 0) is 12.8 Å². The van der Waals surface area contributed by atoms with Crippen LogP contribution >= 0.6 is 0 Å². The van der Waals surface area contributed by atoms with Crippen LogP contribution in [-0.4, -0.2) is 27.6 Å². The van der Waals surface area contributed by atoms with Gasteiger partial charge in [-0.15, -0.1) is 0 Å². The van der Waals surface area contributed by atoms with Crippen molar-refractivity contribution in [1.82, 2.24) is 9.97 Å². The van der Waals surface area contributed by atoms with Crippen molar-refractivity contribution in [3.8, 4) is 0 Å². The first-order valence-electron chi connectivity index (χ1n) is 9.77. The molecule has 29 heavy (non-hydrogen) atoms. The minimum Gasteiger partial charge on any atom is -0.478 e. The normalized spacial score (nSPS) is 16.2. The molecule has 2 heterocycles. The summed E-state index contributed by atoms with van der Waals surface area (Å²) in [7, 11) is 0. The van der Waals surface area contributed by atoms with E-state index in [1.807, 2.05) is 41.3 Å². The lowest BCUT2D eigenvalue weighted by atomic mass is 10.0. The van der Waals surface area contributed by atoms with Gasteiger partial charge in [0.05, 0.1) is 17.3 Å². The zero-order valence-electron chi connectivity index (χ0n) is 16.0. The second kappa shape index (κ2) is 8.39. The van der Waals surface area contributed by atoms with E-state index in [1.54, 1.807) is 12.1 Å². The minimum absolute atomic E-state index is 0.0108. The Labute approximate surface area is 168 Å². The smallest absolute Gasteiger partial charge is 0.339 e. The van der Waals surface area contributed by atoms with E-state index in [1.165, 1.54) is 12.3 Å². The largest absolute Gasteiger partial charge is 0.478 e. The monoisotopic (exact) mass is 391 g/mol. The van der Waals surface area contributed by atoms with Crippen LogP contribution in [0.5, 0.6) is 0 Å². The van der Waals surface area contributed by atoms with Crippen LogP contribution in [0.3, 0.4) is 0 Å². The third-order valence-electron chi connectivity index (χ3n) is 5.32. The fraction of sp³-hybridized carbons (Fsp3) is 0.261. The van der Waals surface area contributed by atoms with Crippen LogP contribution in [0.1, 0.15) is 46.1 Å². The maximum Gasteiger partial charge on any atom is 0.339 e. The predicted octanol–water partition coefficient (Wildman–Crippen LogP) is 4.44. The number of hydrogen-bond acceptors (Lipinski definition) is 4. The molecular formula is C23H22FN3O2. The number of aromatic carboxylic acids is 1. The van der Waals surface area contributed by atoms with Crippen molar-refractivity contribution in [2.24, 2.45) is 0 Å². The number of anilines is 1. The van der Waals surface area contributed by atoms with E-state index in [0.717, 1.165) is 30.5 Å². The highest BCUT2D eigenvalue weighted by molar-refractivity contribution is 5.88. The summed E-state index contributed by atoms with van der Waals surface area (Å²) in [6.45, 7) is 0.756. The molecule has 1 aromatic heterocycles. The Morgan fingerprint density at radius 3 is 2.72 bits per heavy atom. The van der Waals surface area contributed by atoms with Gasteiger partial charge in [0.1, 0.15) is 5.82 Å². The lowest BCUT2D eigenvalue weighted by molar-refractivity contribution is 0.0694. The number of halogens is 1. The summed E-state index contributed by atoms with van der Waals surface area (Å²) in [4.78, 5) is 22.7. The third kappa shape index (κ3) is 4.26. The Bertz CT molecular complexity index is 1010. The molecular weight excluding hydrogens is 369 g/mol. The van der Waals surface area contributed by atoms with Gasteiger partial charge in [-0.2, -0.15) is 0 Å². The van der Waals surface area contributed by atoms with Gasteiger partial charge in [0.15, 0.2) is 0 Å². The first kappa shape index (κ1) is 19.1. The van der Waals surface area contributed by atoms with Crippen molar-refractivity contribution in [1.29, 1.82) is 0 Å². The third-order valence-corrected chi connectivity index (χ3v) is 5.32. The molecule has 1 fully saturated rings. The first-order valence-corrected chi connectivity index (χ1v) is 9.77. The zero-order chi connectivity index (χ0) is 20.2. The van der Waals surface area contributed by atoms with Gasteiger partial charge >= 0.3 is 5.97 Å². The molecule has 1 aliphatic rings. The molecule has 1 N–H and O–H groups in total. The van der Waals surface area contributed by atoms with E-state index in [9.17, 15) is 14.3 Å². The standard InChI is InChI=1S/C23H22FN3O2/c24-18-9-4-8-17(14-18)21-10-5-13-27(21)23-25-15-19(22(28)29)20(26-23)12-11-16-6-2-1-3-7-16/h1-4,6-9,14-15,21H,5,10-13H2,(H,28,29)/t21-/m0/s1. The lowest BCUT2D eigenvalue weighted by Crippen LogP contribution is -2.25. The van der Waals surface area contributed by atoms with Crippen LogP contribution in [0.4, 0.5) is 10.3 Å². The molecule has 3 aromatic rings. The van der Waals surface area contributed by atoms with Crippen molar-refractivity contribution in [2.75, 3.05) is 11.4 Å². The van der Waals surface area contributed by atoms with Crippen molar-refractivity contribution in [3.05, 3.63) is 89.0 Å². The summed E-state index contributed by atoms with van der Waals surface area (Å²) >= 11 is 0. The van der Waals surface area contributed by atoms with Gasteiger partial charge in [-0.05, 0) is 48.9 Å². The molecule has 4 rings (SSSR count). The molecule has 1 saturated heterocycles. The second-order valence-corrected chi connectivity index (χ2v) is 7.23. The molecule has 0 radical (unpaired) electrons. The molecule has 0 unspecified atom stereocenters. The number of carbonyl (C=O) groups is 1. The maximum atomic E-state index is 13.7. The molecule has 0 bridgehead atoms. The molecule has 0 aliphatic carbocycles. The molecule has 1 aliphatic heterocycles. The van der Waals surface area contributed by atoms with Crippen molar-refractivity contribution in [2.45, 2.75) is 31.7 Å². The van der Waals surface area contributed by atoms with Gasteiger partial charge in [0, 0.05) is 12.7 Å². The highest BCUT2D eigenvalue weighted by atomic mass is 19.1. The Hall–Kier alpha value is -3.28. The molecule has 2 aromatic carbocycles. The fourth-order valence-corrected chi connectivity index (χ4v) is 3.89. The molecule has 1 atom stereocenters. The molecule has 6 heteroatoms. The Kier molecular flexibility index (Phi) is 5.51. The minimum atomic E-state index is -1.03. The quantitative estimate of drug-likeness (QED) is 0.673. The van der Waals surface area contributed by atoms with E-state index in [0.29, 0.717) is 24.5 Å². The van der Waals surface area contributed by atoms with Gasteiger partial charge < -0.3 is 10.0 Å². The Morgan fingerprint density at radius 2 is 1.97 bits per heavy atom. The Morgan fingerprint density at radius 1 is 1.14 bits per heavy atom. The number of nitrogens with zero attached hydrogens (tertiary/aromatic N) is 3. The van der Waals surface area contributed by atoms with Crippen LogP contribution in [0.15, 0.2) is 60.8 Å². The summed E-state index contributed by atoms with van der Waals surface area (Å²) in [6.07, 6.45) is 4.44. The average molecular weight is 391 g/mol. The van der Waals surface area contributed by atoms with Gasteiger partial charge in [-0.25, -0.2) is 19.2 Å². The van der Waals surface area contributed by atoms with Gasteiger partial charge in [-0.3, -0.25) is 0 Å². The lowest BCUT2D eigenvalue weighted by Gasteiger charge is -2.25. The van der Waals surface area contributed by atoms with E-state index >= 15 is 0 Å². The number of rotatable bonds is 6. The topological polar surface area (TPSA) is 66.3 Å². The summed E-state index contributed by atoms with van der Waals surface area (Å²) in [5, 5.41) is 9.54. The van der Waals surface area contributed by atoms with Crippen LogP contribution in [0.2, 0.25) is 0 Å². The van der Waals surface area contributed by atoms with E-state index < -0.39 is 5.97 Å². The summed E-state index contributed by atoms with van der Waals surface area (Å²) in [6, 6.07) is 16.5. The SMILES string of the molecule is O=C(O)c1cnc(N2CCC[C@H]2c2cccc(F)c2)nc1CCc1ccccc1. The number of aromatic nitrogens is 2. The summed E-state index contributed by atoms with van der Waals surface area (Å²) in [5.74, 6) is -0.785. The highest BCUT2D eigenvalue weighted by Crippen LogP contribution is 2.34. The first-order chi connectivity index (χ1) is 14.1. The maximum absolute atomic E-state index is 13.7. The van der Waals surface area contributed by atoms with Crippen molar-refractivity contribution >= 4 is 11.9 Å².